The van der Waals surface area contributed by atoms with Gasteiger partial charge in [0.05, 0.1) is 5.69 Å². The first-order valence-electron chi connectivity index (χ1n) is 7.60. The van der Waals surface area contributed by atoms with Gasteiger partial charge < -0.3 is 0 Å². The molecule has 0 atom stereocenters. The first kappa shape index (κ1) is 16.7. The maximum atomic E-state index is 6.58. The van der Waals surface area contributed by atoms with Crippen molar-refractivity contribution < 1.29 is 0 Å². The second-order valence-electron chi connectivity index (χ2n) is 5.51. The van der Waals surface area contributed by atoms with Crippen LogP contribution in [0.25, 0.3) is 17.0 Å². The molecule has 0 bridgehead atoms. The molecule has 1 aromatic carbocycles. The summed E-state index contributed by atoms with van der Waals surface area (Å²) >= 11 is 12.7. The van der Waals surface area contributed by atoms with Crippen LogP contribution < -0.4 is 0 Å². The van der Waals surface area contributed by atoms with E-state index in [0.717, 1.165) is 33.7 Å². The van der Waals surface area contributed by atoms with Crippen LogP contribution in [-0.4, -0.2) is 14.8 Å². The number of aromatic nitrogens is 3. The molecule has 0 amide bonds. The third-order valence-corrected chi connectivity index (χ3v) is 4.59. The lowest BCUT2D eigenvalue weighted by Crippen LogP contribution is -1.94. The Bertz CT molecular complexity index is 912. The minimum absolute atomic E-state index is 0.582. The lowest BCUT2D eigenvalue weighted by atomic mass is 9.93. The van der Waals surface area contributed by atoms with E-state index in [-0.39, 0.29) is 0 Å². The predicted octanol–water partition coefficient (Wildman–Crippen LogP) is 5.55. The van der Waals surface area contributed by atoms with Gasteiger partial charge in [-0.3, -0.25) is 9.67 Å². The minimum Gasteiger partial charge on any atom is -0.256 e. The molecule has 0 saturated carbocycles. The molecular weight excluding hydrogens is 341 g/mol. The lowest BCUT2D eigenvalue weighted by molar-refractivity contribution is 0.770. The highest BCUT2D eigenvalue weighted by Crippen LogP contribution is 2.37. The fourth-order valence-corrected chi connectivity index (χ4v) is 3.24. The third-order valence-electron chi connectivity index (χ3n) is 3.92. The lowest BCUT2D eigenvalue weighted by Gasteiger charge is -2.12. The molecule has 2 heterocycles. The number of pyridine rings is 1. The quantitative estimate of drug-likeness (QED) is 0.615. The fraction of sp³-hybridized carbons (Fsp3) is 0.158. The van der Waals surface area contributed by atoms with Crippen LogP contribution in [0.1, 0.15) is 23.6 Å². The minimum atomic E-state index is 0.582. The number of nitrogens with zero attached hydrogens (tertiary/aromatic N) is 3. The van der Waals surface area contributed by atoms with Gasteiger partial charge in [-0.05, 0) is 54.8 Å². The van der Waals surface area contributed by atoms with Gasteiger partial charge in [0.25, 0.3) is 0 Å². The van der Waals surface area contributed by atoms with Gasteiger partial charge in [-0.25, -0.2) is 0 Å². The van der Waals surface area contributed by atoms with Crippen LogP contribution in [0.15, 0.2) is 48.7 Å². The van der Waals surface area contributed by atoms with Crippen molar-refractivity contribution in [2.24, 2.45) is 7.05 Å². The smallest absolute Gasteiger partial charge is 0.135 e. The van der Waals surface area contributed by atoms with E-state index in [1.807, 2.05) is 63.4 Å². The van der Waals surface area contributed by atoms with Crippen molar-refractivity contribution in [2.45, 2.75) is 13.8 Å². The number of hydrogen-bond donors (Lipinski definition) is 0. The molecule has 3 rings (SSSR count). The number of rotatable bonds is 3. The average Bonchev–Trinajstić information content (AvgIpc) is 2.87. The molecule has 122 valence electrons. The number of hydrogen-bond acceptors (Lipinski definition) is 2. The molecule has 0 aliphatic carbocycles. The zero-order valence-electron chi connectivity index (χ0n) is 13.7. The Hall–Kier alpha value is -2.10. The van der Waals surface area contributed by atoms with E-state index in [0.29, 0.717) is 10.2 Å². The van der Waals surface area contributed by atoms with Crippen LogP contribution in [0.2, 0.25) is 10.2 Å². The van der Waals surface area contributed by atoms with E-state index in [1.54, 1.807) is 10.9 Å². The van der Waals surface area contributed by atoms with E-state index < -0.39 is 0 Å². The summed E-state index contributed by atoms with van der Waals surface area (Å²) in [5.41, 5.74) is 5.62. The van der Waals surface area contributed by atoms with Crippen LogP contribution in [0, 0.1) is 6.92 Å². The Labute approximate surface area is 151 Å². The van der Waals surface area contributed by atoms with Crippen molar-refractivity contribution in [1.82, 2.24) is 14.8 Å². The van der Waals surface area contributed by atoms with Crippen molar-refractivity contribution >= 4 is 28.8 Å². The summed E-state index contributed by atoms with van der Waals surface area (Å²) in [6, 6.07) is 11.6. The van der Waals surface area contributed by atoms with E-state index in [1.165, 1.54) is 0 Å². The molecule has 0 unspecified atom stereocenters. The number of halogens is 2. The Balaban J connectivity index is 2.24. The largest absolute Gasteiger partial charge is 0.256 e. The Kier molecular flexibility index (Phi) is 4.74. The number of allylic oxidation sites excluding steroid dienone is 1. The molecule has 2 aromatic heterocycles. The number of aryl methyl sites for hydroxylation is 2. The summed E-state index contributed by atoms with van der Waals surface area (Å²) in [6.45, 7) is 4.03. The van der Waals surface area contributed by atoms with Gasteiger partial charge in [0.2, 0.25) is 0 Å². The maximum Gasteiger partial charge on any atom is 0.135 e. The summed E-state index contributed by atoms with van der Waals surface area (Å²) in [7, 11) is 1.83. The molecule has 5 heteroatoms. The topological polar surface area (TPSA) is 30.7 Å². The highest BCUT2D eigenvalue weighted by Gasteiger charge is 2.22. The molecule has 0 spiro atoms. The van der Waals surface area contributed by atoms with Gasteiger partial charge in [0.15, 0.2) is 0 Å². The summed E-state index contributed by atoms with van der Waals surface area (Å²) in [6.07, 6.45) is 3.80. The van der Waals surface area contributed by atoms with Crippen molar-refractivity contribution in [3.8, 4) is 11.4 Å². The van der Waals surface area contributed by atoms with E-state index in [9.17, 15) is 0 Å². The van der Waals surface area contributed by atoms with Crippen LogP contribution in [0.3, 0.4) is 0 Å². The third kappa shape index (κ3) is 2.97. The summed E-state index contributed by atoms with van der Waals surface area (Å²) < 4.78 is 1.68. The summed E-state index contributed by atoms with van der Waals surface area (Å²) in [4.78, 5) is 4.43. The second-order valence-corrected chi connectivity index (χ2v) is 6.31. The highest BCUT2D eigenvalue weighted by molar-refractivity contribution is 6.32. The fourth-order valence-electron chi connectivity index (χ4n) is 2.79. The average molecular weight is 358 g/mol. The Morgan fingerprint density at radius 1 is 1.17 bits per heavy atom. The van der Waals surface area contributed by atoms with Crippen molar-refractivity contribution in [3.05, 3.63) is 75.5 Å². The van der Waals surface area contributed by atoms with Crippen molar-refractivity contribution in [1.29, 1.82) is 0 Å². The summed E-state index contributed by atoms with van der Waals surface area (Å²) in [5, 5.41) is 5.88. The molecule has 0 N–H and O–H groups in total. The van der Waals surface area contributed by atoms with Crippen LogP contribution in [-0.2, 0) is 7.05 Å². The molecule has 3 aromatic rings. The van der Waals surface area contributed by atoms with Crippen LogP contribution in [0.5, 0.6) is 0 Å². The van der Waals surface area contributed by atoms with Gasteiger partial charge in [-0.15, -0.1) is 0 Å². The number of benzene rings is 1. The van der Waals surface area contributed by atoms with Gasteiger partial charge in [-0.2, -0.15) is 5.10 Å². The summed E-state index contributed by atoms with van der Waals surface area (Å²) in [5.74, 6) is 0. The van der Waals surface area contributed by atoms with Gasteiger partial charge in [-0.1, -0.05) is 41.4 Å². The van der Waals surface area contributed by atoms with E-state index in [2.05, 4.69) is 10.1 Å². The molecule has 0 aliphatic rings. The van der Waals surface area contributed by atoms with E-state index in [4.69, 9.17) is 23.2 Å². The SMILES string of the molecule is C/C=C(\c1ccc(Cl)cc1C)c1c(-c2ccccn2)nn(C)c1Cl. The maximum absolute atomic E-state index is 6.58. The molecule has 0 aliphatic heterocycles. The zero-order valence-corrected chi connectivity index (χ0v) is 15.2. The normalized spacial score (nSPS) is 11.8. The van der Waals surface area contributed by atoms with Crippen molar-refractivity contribution in [3.63, 3.8) is 0 Å². The predicted molar refractivity (Wildman–Crippen MR) is 100 cm³/mol. The molecule has 0 saturated heterocycles. The van der Waals surface area contributed by atoms with Crippen LogP contribution >= 0.6 is 23.2 Å². The van der Waals surface area contributed by atoms with E-state index >= 15 is 0 Å². The van der Waals surface area contributed by atoms with Gasteiger partial charge in [0, 0.05) is 23.8 Å². The van der Waals surface area contributed by atoms with Crippen LogP contribution in [0.4, 0.5) is 0 Å². The molecule has 0 fully saturated rings. The standard InChI is InChI=1S/C19H17Cl2N3/c1-4-14(15-9-8-13(20)11-12(15)2)17-18(23-24(3)19(17)21)16-7-5-6-10-22-16/h4-11H,1-3H3/b14-4+. The molecule has 3 nitrogen and oxygen atoms in total. The first-order valence-corrected chi connectivity index (χ1v) is 8.35. The second kappa shape index (κ2) is 6.80. The molecular formula is C19H17Cl2N3. The van der Waals surface area contributed by atoms with Gasteiger partial charge >= 0.3 is 0 Å². The zero-order chi connectivity index (χ0) is 17.3. The molecule has 24 heavy (non-hydrogen) atoms. The van der Waals surface area contributed by atoms with Crippen molar-refractivity contribution in [2.75, 3.05) is 0 Å². The molecule has 0 radical (unpaired) electrons. The monoisotopic (exact) mass is 357 g/mol. The Morgan fingerprint density at radius 3 is 2.58 bits per heavy atom. The first-order chi connectivity index (χ1) is 11.5. The van der Waals surface area contributed by atoms with Gasteiger partial charge in [0.1, 0.15) is 10.8 Å². The highest BCUT2D eigenvalue weighted by atomic mass is 35.5. The Morgan fingerprint density at radius 2 is 1.96 bits per heavy atom.